The Morgan fingerprint density at radius 1 is 1.21 bits per heavy atom. The van der Waals surface area contributed by atoms with E-state index in [9.17, 15) is 19.5 Å². The van der Waals surface area contributed by atoms with Crippen LogP contribution in [0.4, 0.5) is 0 Å². The SMILES string of the molecule is C=CCNC1=C2CC(C)CC(OC)C(O)C(C)/C=C(\C)CC/C=C\C=C(/C)C(=O)NC(=CC1=O)C2=O.CO. The highest BCUT2D eigenvalue weighted by Gasteiger charge is 2.32. The molecule has 2 rings (SSSR count). The fraction of sp³-hybridized carbons (Fsp3) is 0.500. The van der Waals surface area contributed by atoms with Crippen LogP contribution in [0.3, 0.4) is 0 Å². The number of hydrogen-bond acceptors (Lipinski definition) is 7. The highest BCUT2D eigenvalue weighted by atomic mass is 16.5. The van der Waals surface area contributed by atoms with Crippen LogP contribution in [0.15, 0.2) is 71.1 Å². The van der Waals surface area contributed by atoms with E-state index in [1.54, 1.807) is 26.2 Å². The van der Waals surface area contributed by atoms with Gasteiger partial charge in [-0.25, -0.2) is 0 Å². The summed E-state index contributed by atoms with van der Waals surface area (Å²) >= 11 is 0. The van der Waals surface area contributed by atoms with Gasteiger partial charge in [0.1, 0.15) is 0 Å². The van der Waals surface area contributed by atoms with Crippen molar-refractivity contribution in [1.82, 2.24) is 10.6 Å². The molecule has 8 nitrogen and oxygen atoms in total. The Bertz CT molecular complexity index is 1020. The number of hydrogen-bond donors (Lipinski definition) is 4. The average molecular weight is 529 g/mol. The summed E-state index contributed by atoms with van der Waals surface area (Å²) in [7, 11) is 2.57. The van der Waals surface area contributed by atoms with Crippen LogP contribution in [-0.4, -0.2) is 60.7 Å². The maximum Gasteiger partial charge on any atom is 0.251 e. The van der Waals surface area contributed by atoms with Crippen molar-refractivity contribution in [2.75, 3.05) is 20.8 Å². The van der Waals surface area contributed by atoms with Crippen molar-refractivity contribution in [2.24, 2.45) is 11.8 Å². The third-order valence-corrected chi connectivity index (χ3v) is 6.52. The smallest absolute Gasteiger partial charge is 0.251 e. The summed E-state index contributed by atoms with van der Waals surface area (Å²) in [4.78, 5) is 39.1. The lowest BCUT2D eigenvalue weighted by molar-refractivity contribution is -0.120. The van der Waals surface area contributed by atoms with E-state index in [2.05, 4.69) is 23.3 Å². The molecule has 210 valence electrons. The first-order valence-corrected chi connectivity index (χ1v) is 12.9. The monoisotopic (exact) mass is 528 g/mol. The van der Waals surface area contributed by atoms with Crippen LogP contribution in [-0.2, 0) is 19.1 Å². The molecule has 0 saturated carbocycles. The number of rotatable bonds is 4. The summed E-state index contributed by atoms with van der Waals surface area (Å²) in [6, 6.07) is 0. The zero-order valence-electron chi connectivity index (χ0n) is 23.5. The van der Waals surface area contributed by atoms with Crippen molar-refractivity contribution in [1.29, 1.82) is 0 Å². The van der Waals surface area contributed by atoms with Crippen LogP contribution in [0.5, 0.6) is 0 Å². The van der Waals surface area contributed by atoms with Crippen LogP contribution >= 0.6 is 0 Å². The van der Waals surface area contributed by atoms with Crippen molar-refractivity contribution >= 4 is 17.5 Å². The molecule has 4 atom stereocenters. The first-order valence-electron chi connectivity index (χ1n) is 12.9. The Morgan fingerprint density at radius 3 is 2.53 bits per heavy atom. The van der Waals surface area contributed by atoms with Crippen molar-refractivity contribution in [3.8, 4) is 0 Å². The quantitative estimate of drug-likeness (QED) is 0.325. The number of ketones is 2. The standard InChI is InChI=1S/C29H40N2O5.CH4O/c1-7-13-30-26-22-15-19(3)16-25(36-6)27(33)21(5)14-18(2)11-9-8-10-12-20(4)29(35)31-23(28(22)34)17-24(26)32;1-2/h7-8,10,12,14,17,19,21,25,27,30,33H,1,9,11,13,15-16H2,2-6H3,(H,31,35);2H,1H3/b10-8-,18-14+,20-12+;. The summed E-state index contributed by atoms with van der Waals surface area (Å²) in [5.41, 5.74) is 2.07. The summed E-state index contributed by atoms with van der Waals surface area (Å²) in [6.45, 7) is 11.6. The van der Waals surface area contributed by atoms with Gasteiger partial charge in [-0.1, -0.05) is 49.8 Å². The van der Waals surface area contributed by atoms with E-state index >= 15 is 0 Å². The molecule has 8 heteroatoms. The van der Waals surface area contributed by atoms with E-state index in [4.69, 9.17) is 9.84 Å². The zero-order chi connectivity index (χ0) is 28.8. The lowest BCUT2D eigenvalue weighted by Gasteiger charge is -2.29. The second-order valence-corrected chi connectivity index (χ2v) is 9.73. The van der Waals surface area contributed by atoms with Crippen LogP contribution in [0.1, 0.15) is 53.4 Å². The first-order chi connectivity index (χ1) is 18.1. The van der Waals surface area contributed by atoms with Gasteiger partial charge in [0, 0.05) is 43.9 Å². The van der Waals surface area contributed by atoms with Gasteiger partial charge in [-0.2, -0.15) is 0 Å². The van der Waals surface area contributed by atoms with Crippen LogP contribution < -0.4 is 10.6 Å². The predicted molar refractivity (Wildman–Crippen MR) is 150 cm³/mol. The van der Waals surface area contributed by atoms with E-state index in [1.807, 2.05) is 32.9 Å². The van der Waals surface area contributed by atoms with Crippen LogP contribution in [0.2, 0.25) is 0 Å². The Hall–Kier alpha value is -3.07. The number of aliphatic hydroxyl groups excluding tert-OH is 2. The zero-order valence-corrected chi connectivity index (χ0v) is 23.5. The molecule has 2 bridgehead atoms. The number of methoxy groups -OCH3 is 1. The number of carbonyl (C=O) groups is 3. The molecule has 1 amide bonds. The number of ether oxygens (including phenoxy) is 1. The second-order valence-electron chi connectivity index (χ2n) is 9.73. The average Bonchev–Trinajstić information content (AvgIpc) is 2.89. The van der Waals surface area contributed by atoms with Gasteiger partial charge in [0.2, 0.25) is 11.6 Å². The first kappa shape index (κ1) is 33.0. The third-order valence-electron chi connectivity index (χ3n) is 6.52. The van der Waals surface area contributed by atoms with Crippen molar-refractivity contribution in [3.63, 3.8) is 0 Å². The van der Waals surface area contributed by atoms with Gasteiger partial charge in [0.05, 0.1) is 23.6 Å². The van der Waals surface area contributed by atoms with Crippen LogP contribution in [0.25, 0.3) is 0 Å². The molecule has 0 spiro atoms. The van der Waals surface area contributed by atoms with E-state index in [0.717, 1.165) is 20.0 Å². The van der Waals surface area contributed by atoms with Gasteiger partial charge < -0.3 is 25.6 Å². The molecule has 38 heavy (non-hydrogen) atoms. The highest BCUT2D eigenvalue weighted by molar-refractivity contribution is 6.23. The molecule has 1 aliphatic carbocycles. The van der Waals surface area contributed by atoms with E-state index < -0.39 is 23.9 Å². The molecular formula is C30H44N2O6. The second kappa shape index (κ2) is 16.7. The minimum Gasteiger partial charge on any atom is -0.400 e. The van der Waals surface area contributed by atoms with Gasteiger partial charge in [-0.05, 0) is 45.4 Å². The van der Waals surface area contributed by atoms with E-state index in [0.29, 0.717) is 24.1 Å². The molecule has 0 saturated heterocycles. The molecular weight excluding hydrogens is 484 g/mol. The number of carbonyl (C=O) groups excluding carboxylic acids is 3. The number of fused-ring (bicyclic) bond motifs is 2. The van der Waals surface area contributed by atoms with Gasteiger partial charge in [0.25, 0.3) is 5.91 Å². The molecule has 1 heterocycles. The lowest BCUT2D eigenvalue weighted by Crippen LogP contribution is -2.37. The Balaban J connectivity index is 0.00000352. The number of nitrogens with one attached hydrogen (secondary N) is 2. The molecule has 4 N–H and O–H groups in total. The minimum absolute atomic E-state index is 0.0391. The van der Waals surface area contributed by atoms with Gasteiger partial charge in [0.15, 0.2) is 0 Å². The highest BCUT2D eigenvalue weighted by Crippen LogP contribution is 2.28. The van der Waals surface area contributed by atoms with Crippen LogP contribution in [0, 0.1) is 11.8 Å². The predicted octanol–water partition coefficient (Wildman–Crippen LogP) is 3.45. The largest absolute Gasteiger partial charge is 0.400 e. The molecule has 0 radical (unpaired) electrons. The maximum absolute atomic E-state index is 13.4. The molecule has 0 fully saturated rings. The number of amides is 1. The summed E-state index contributed by atoms with van der Waals surface area (Å²) in [5.74, 6) is -1.42. The molecule has 1 aliphatic heterocycles. The Kier molecular flexibility index (Phi) is 14.5. The normalized spacial score (nSPS) is 29.5. The summed E-state index contributed by atoms with van der Waals surface area (Å²) < 4.78 is 5.64. The maximum atomic E-state index is 13.4. The molecule has 2 aliphatic rings. The molecule has 0 aromatic rings. The molecule has 0 aromatic carbocycles. The summed E-state index contributed by atoms with van der Waals surface area (Å²) in [5, 5.41) is 23.6. The van der Waals surface area contributed by atoms with E-state index in [1.165, 1.54) is 11.6 Å². The lowest BCUT2D eigenvalue weighted by atomic mass is 9.85. The van der Waals surface area contributed by atoms with Crippen molar-refractivity contribution in [3.05, 3.63) is 71.1 Å². The van der Waals surface area contributed by atoms with Gasteiger partial charge in [-0.15, -0.1) is 6.58 Å². The van der Waals surface area contributed by atoms with Gasteiger partial charge >= 0.3 is 0 Å². The fourth-order valence-electron chi connectivity index (χ4n) is 4.44. The number of allylic oxidation sites excluding steroid dienone is 6. The van der Waals surface area contributed by atoms with Crippen molar-refractivity contribution < 1.29 is 29.3 Å². The third kappa shape index (κ3) is 9.67. The van der Waals surface area contributed by atoms with Gasteiger partial charge in [-0.3, -0.25) is 14.4 Å². The van der Waals surface area contributed by atoms with Crippen molar-refractivity contribution in [2.45, 2.75) is 65.6 Å². The number of Topliss-reactive ketones (excluding diaryl/α,β-unsaturated/α-hetero) is 1. The fourth-order valence-corrected chi connectivity index (χ4v) is 4.44. The number of aliphatic hydroxyl groups is 2. The summed E-state index contributed by atoms with van der Waals surface area (Å²) in [6.07, 6.45) is 11.5. The Morgan fingerprint density at radius 2 is 1.89 bits per heavy atom. The molecule has 4 unspecified atom stereocenters. The minimum atomic E-state index is -0.721. The van der Waals surface area contributed by atoms with E-state index in [-0.39, 0.29) is 35.4 Å². The molecule has 0 aromatic heterocycles. The topological polar surface area (TPSA) is 125 Å². The Labute approximate surface area is 226 Å².